The predicted molar refractivity (Wildman–Crippen MR) is 60.2 cm³/mol. The fourth-order valence-corrected chi connectivity index (χ4v) is 1.39. The molecule has 0 atom stereocenters. The summed E-state index contributed by atoms with van der Waals surface area (Å²) >= 11 is 0. The monoisotopic (exact) mass is 216 g/mol. The summed E-state index contributed by atoms with van der Waals surface area (Å²) in [5.74, 6) is -0.167. The maximum absolute atomic E-state index is 12.0. The molecule has 1 heterocycles. The Labute approximate surface area is 93.3 Å². The Morgan fingerprint density at radius 2 is 2.00 bits per heavy atom. The van der Waals surface area contributed by atoms with Crippen LogP contribution in [0.2, 0.25) is 0 Å². The second-order valence-electron chi connectivity index (χ2n) is 3.48. The van der Waals surface area contributed by atoms with Crippen molar-refractivity contribution in [3.8, 4) is 0 Å². The molecule has 0 aliphatic heterocycles. The van der Waals surface area contributed by atoms with Gasteiger partial charge in [0, 0.05) is 19.8 Å². The third kappa shape index (κ3) is 1.93. The Balaban J connectivity index is 2.23. The zero-order valence-electron chi connectivity index (χ0n) is 9.16. The Kier molecular flexibility index (Phi) is 2.68. The van der Waals surface area contributed by atoms with Gasteiger partial charge in [0.25, 0.3) is 5.91 Å². The van der Waals surface area contributed by atoms with Crippen LogP contribution in [0.4, 0.5) is 5.69 Å². The topological polar surface area (TPSA) is 51.0 Å². The van der Waals surface area contributed by atoms with Crippen LogP contribution in [0.1, 0.15) is 10.5 Å². The van der Waals surface area contributed by atoms with Crippen molar-refractivity contribution in [2.24, 2.45) is 7.05 Å². The first-order chi connectivity index (χ1) is 7.68. The van der Waals surface area contributed by atoms with Gasteiger partial charge in [-0.05, 0) is 12.1 Å². The molecule has 1 amide bonds. The summed E-state index contributed by atoms with van der Waals surface area (Å²) in [6, 6.07) is 9.41. The molecule has 0 N–H and O–H groups in total. The number of carbonyl (C=O) groups excluding carboxylic acids is 1. The quantitative estimate of drug-likeness (QED) is 0.755. The number of benzene rings is 1. The fourth-order valence-electron chi connectivity index (χ4n) is 1.39. The summed E-state index contributed by atoms with van der Waals surface area (Å²) < 4.78 is 1.51. The van der Waals surface area contributed by atoms with Gasteiger partial charge in [0.2, 0.25) is 0 Å². The molecule has 16 heavy (non-hydrogen) atoms. The van der Waals surface area contributed by atoms with E-state index >= 15 is 0 Å². The lowest BCUT2D eigenvalue weighted by Crippen LogP contribution is -2.26. The van der Waals surface area contributed by atoms with Gasteiger partial charge in [-0.15, -0.1) is 5.10 Å². The minimum absolute atomic E-state index is 0.167. The smallest absolute Gasteiger partial charge is 0.280 e. The summed E-state index contributed by atoms with van der Waals surface area (Å²) in [6.45, 7) is 0. The highest BCUT2D eigenvalue weighted by atomic mass is 16.2. The molecule has 5 nitrogen and oxygen atoms in total. The molecular formula is C11H12N4O. The van der Waals surface area contributed by atoms with E-state index in [1.54, 1.807) is 25.2 Å². The highest BCUT2D eigenvalue weighted by molar-refractivity contribution is 6.04. The van der Waals surface area contributed by atoms with Crippen LogP contribution in [0.15, 0.2) is 36.5 Å². The molecule has 0 aliphatic carbocycles. The fraction of sp³-hybridized carbons (Fsp3) is 0.182. The van der Waals surface area contributed by atoms with E-state index in [1.807, 2.05) is 30.3 Å². The van der Waals surface area contributed by atoms with Crippen molar-refractivity contribution in [1.82, 2.24) is 15.0 Å². The van der Waals surface area contributed by atoms with Gasteiger partial charge in [-0.1, -0.05) is 23.4 Å². The highest BCUT2D eigenvalue weighted by Crippen LogP contribution is 2.13. The zero-order chi connectivity index (χ0) is 11.5. The average molecular weight is 216 g/mol. The maximum Gasteiger partial charge on any atom is 0.280 e. The largest absolute Gasteiger partial charge is 0.310 e. The molecule has 1 aromatic carbocycles. The van der Waals surface area contributed by atoms with Crippen molar-refractivity contribution in [1.29, 1.82) is 0 Å². The molecule has 0 saturated heterocycles. The molecule has 0 fully saturated rings. The summed E-state index contributed by atoms with van der Waals surface area (Å²) in [4.78, 5) is 13.5. The van der Waals surface area contributed by atoms with Gasteiger partial charge >= 0.3 is 0 Å². The number of aromatic nitrogens is 3. The molecule has 2 aromatic rings. The molecule has 0 saturated carbocycles. The van der Waals surface area contributed by atoms with Crippen LogP contribution in [0.5, 0.6) is 0 Å². The number of hydrogen-bond acceptors (Lipinski definition) is 3. The van der Waals surface area contributed by atoms with Crippen LogP contribution in [-0.4, -0.2) is 27.9 Å². The minimum atomic E-state index is -0.167. The minimum Gasteiger partial charge on any atom is -0.310 e. The second-order valence-corrected chi connectivity index (χ2v) is 3.48. The lowest BCUT2D eigenvalue weighted by Gasteiger charge is -2.15. The molecule has 0 unspecified atom stereocenters. The van der Waals surface area contributed by atoms with Crippen LogP contribution in [0, 0.1) is 0 Å². The van der Waals surface area contributed by atoms with E-state index in [2.05, 4.69) is 10.3 Å². The van der Waals surface area contributed by atoms with Crippen LogP contribution in [-0.2, 0) is 7.05 Å². The maximum atomic E-state index is 12.0. The van der Waals surface area contributed by atoms with Crippen molar-refractivity contribution >= 4 is 11.6 Å². The summed E-state index contributed by atoms with van der Waals surface area (Å²) in [7, 11) is 3.44. The normalized spacial score (nSPS) is 10.1. The van der Waals surface area contributed by atoms with Gasteiger partial charge in [0.15, 0.2) is 5.69 Å². The van der Waals surface area contributed by atoms with E-state index in [0.717, 1.165) is 5.69 Å². The van der Waals surface area contributed by atoms with Gasteiger partial charge < -0.3 is 4.90 Å². The first-order valence-corrected chi connectivity index (χ1v) is 4.88. The third-order valence-corrected chi connectivity index (χ3v) is 2.27. The van der Waals surface area contributed by atoms with E-state index in [-0.39, 0.29) is 5.91 Å². The van der Waals surface area contributed by atoms with E-state index in [0.29, 0.717) is 5.69 Å². The molecule has 2 rings (SSSR count). The Hall–Kier alpha value is -2.17. The zero-order valence-corrected chi connectivity index (χ0v) is 9.16. The summed E-state index contributed by atoms with van der Waals surface area (Å²) in [6.07, 6.45) is 1.60. The molecule has 0 aliphatic rings. The van der Waals surface area contributed by atoms with E-state index < -0.39 is 0 Å². The van der Waals surface area contributed by atoms with E-state index in [4.69, 9.17) is 0 Å². The first kappa shape index (κ1) is 10.4. The molecule has 1 aromatic heterocycles. The third-order valence-electron chi connectivity index (χ3n) is 2.27. The van der Waals surface area contributed by atoms with E-state index in [1.165, 1.54) is 4.68 Å². The number of para-hydroxylation sites is 1. The number of amides is 1. The molecular weight excluding hydrogens is 204 g/mol. The van der Waals surface area contributed by atoms with Gasteiger partial charge in [0.05, 0.1) is 6.20 Å². The SMILES string of the molecule is CN(C(=O)c1cn(C)nn1)c1ccccc1. The van der Waals surface area contributed by atoms with Crippen LogP contribution in [0.25, 0.3) is 0 Å². The Bertz CT molecular complexity index is 492. The number of aryl methyl sites for hydroxylation is 1. The number of anilines is 1. The summed E-state index contributed by atoms with van der Waals surface area (Å²) in [5.41, 5.74) is 1.17. The predicted octanol–water partition coefficient (Wildman–Crippen LogP) is 1.09. The molecule has 82 valence electrons. The lowest BCUT2D eigenvalue weighted by molar-refractivity contribution is 0.0988. The van der Waals surface area contributed by atoms with Gasteiger partial charge in [-0.2, -0.15) is 0 Å². The second kappa shape index (κ2) is 4.14. The van der Waals surface area contributed by atoms with Crippen molar-refractivity contribution in [3.05, 3.63) is 42.2 Å². The van der Waals surface area contributed by atoms with Crippen LogP contribution < -0.4 is 4.90 Å². The number of hydrogen-bond donors (Lipinski definition) is 0. The lowest BCUT2D eigenvalue weighted by atomic mass is 10.3. The standard InChI is InChI=1S/C11H12N4O/c1-14-8-10(12-13-14)11(16)15(2)9-6-4-3-5-7-9/h3-8H,1-2H3. The average Bonchev–Trinajstić information content (AvgIpc) is 2.75. The highest BCUT2D eigenvalue weighted by Gasteiger charge is 2.16. The number of rotatable bonds is 2. The molecule has 0 bridgehead atoms. The van der Waals surface area contributed by atoms with Crippen molar-refractivity contribution in [3.63, 3.8) is 0 Å². The molecule has 0 spiro atoms. The molecule has 0 radical (unpaired) electrons. The van der Waals surface area contributed by atoms with Crippen molar-refractivity contribution < 1.29 is 4.79 Å². The van der Waals surface area contributed by atoms with Crippen molar-refractivity contribution in [2.75, 3.05) is 11.9 Å². The van der Waals surface area contributed by atoms with E-state index in [9.17, 15) is 4.79 Å². The van der Waals surface area contributed by atoms with Crippen LogP contribution in [0.3, 0.4) is 0 Å². The van der Waals surface area contributed by atoms with Crippen LogP contribution >= 0.6 is 0 Å². The van der Waals surface area contributed by atoms with Gasteiger partial charge in [0.1, 0.15) is 0 Å². The Morgan fingerprint density at radius 1 is 1.31 bits per heavy atom. The Morgan fingerprint density at radius 3 is 2.56 bits per heavy atom. The number of nitrogens with zero attached hydrogens (tertiary/aromatic N) is 4. The van der Waals surface area contributed by atoms with Crippen molar-refractivity contribution in [2.45, 2.75) is 0 Å². The first-order valence-electron chi connectivity index (χ1n) is 4.88. The molecule has 5 heteroatoms. The number of carbonyl (C=O) groups is 1. The summed E-state index contributed by atoms with van der Waals surface area (Å²) in [5, 5.41) is 7.52. The van der Waals surface area contributed by atoms with Gasteiger partial charge in [-0.3, -0.25) is 9.48 Å². The van der Waals surface area contributed by atoms with Gasteiger partial charge in [-0.25, -0.2) is 0 Å².